The van der Waals surface area contributed by atoms with Crippen LogP contribution in [0.3, 0.4) is 0 Å². The van der Waals surface area contributed by atoms with E-state index in [-0.39, 0.29) is 16.7 Å². The van der Waals surface area contributed by atoms with Crippen molar-refractivity contribution in [1.29, 1.82) is 0 Å². The van der Waals surface area contributed by atoms with E-state index in [1.54, 1.807) is 0 Å². The van der Waals surface area contributed by atoms with Crippen molar-refractivity contribution in [1.82, 2.24) is 10.2 Å². The molecular weight excluding hydrogens is 408 g/mol. The van der Waals surface area contributed by atoms with Crippen molar-refractivity contribution in [2.75, 3.05) is 26.2 Å². The largest absolute Gasteiger partial charge is 0.456 e. The standard InChI is InChI=1S/C29H42N2O2/c1-21-18-24-25(29(4,5)13-12-28(24,2)3)20-22(21)19-23-10-11-26(33-23)27(32)30-14-9-17-31-15-7-6-8-16-31/h10-11,18,20H,6-9,12-17,19H2,1-5H3,(H,30,32). The molecule has 0 spiro atoms. The number of furan rings is 1. The highest BCUT2D eigenvalue weighted by molar-refractivity contribution is 5.91. The lowest BCUT2D eigenvalue weighted by atomic mass is 9.62. The SMILES string of the molecule is Cc1cc2c(cc1Cc1ccc(C(=O)NCCCN3CCCCC3)o1)C(C)(C)CCC2(C)C. The number of likely N-dealkylation sites (tertiary alicyclic amines) is 1. The molecule has 0 radical (unpaired) electrons. The Balaban J connectivity index is 1.38. The molecule has 4 heteroatoms. The van der Waals surface area contributed by atoms with Crippen molar-refractivity contribution < 1.29 is 9.21 Å². The normalized spacial score (nSPS) is 19.8. The van der Waals surface area contributed by atoms with Crippen molar-refractivity contribution in [3.05, 3.63) is 58.0 Å². The first-order valence-corrected chi connectivity index (χ1v) is 12.9. The number of hydrogen-bond acceptors (Lipinski definition) is 3. The summed E-state index contributed by atoms with van der Waals surface area (Å²) < 4.78 is 5.97. The van der Waals surface area contributed by atoms with Crippen molar-refractivity contribution in [2.24, 2.45) is 0 Å². The maximum Gasteiger partial charge on any atom is 0.286 e. The summed E-state index contributed by atoms with van der Waals surface area (Å²) in [4.78, 5) is 15.1. The number of hydrogen-bond donors (Lipinski definition) is 1. The number of nitrogens with zero attached hydrogens (tertiary/aromatic N) is 1. The second-order valence-corrected chi connectivity index (χ2v) is 11.5. The van der Waals surface area contributed by atoms with Gasteiger partial charge >= 0.3 is 0 Å². The summed E-state index contributed by atoms with van der Waals surface area (Å²) in [5.74, 6) is 1.16. The summed E-state index contributed by atoms with van der Waals surface area (Å²) in [6, 6.07) is 8.56. The minimum Gasteiger partial charge on any atom is -0.456 e. The third kappa shape index (κ3) is 5.54. The number of nitrogens with one attached hydrogen (secondary N) is 1. The zero-order valence-electron chi connectivity index (χ0n) is 21.4. The molecule has 1 fully saturated rings. The van der Waals surface area contributed by atoms with Crippen LogP contribution in [-0.2, 0) is 17.3 Å². The van der Waals surface area contributed by atoms with Crippen LogP contribution in [0.25, 0.3) is 0 Å². The van der Waals surface area contributed by atoms with Gasteiger partial charge < -0.3 is 14.6 Å². The Hall–Kier alpha value is -2.07. The van der Waals surface area contributed by atoms with Crippen LogP contribution in [-0.4, -0.2) is 37.0 Å². The van der Waals surface area contributed by atoms with Gasteiger partial charge in [0.05, 0.1) is 0 Å². The van der Waals surface area contributed by atoms with Gasteiger partial charge in [0.25, 0.3) is 5.91 Å². The molecule has 0 atom stereocenters. The van der Waals surface area contributed by atoms with Crippen molar-refractivity contribution >= 4 is 5.91 Å². The maximum absolute atomic E-state index is 12.6. The zero-order chi connectivity index (χ0) is 23.6. The Labute approximate surface area is 200 Å². The molecule has 0 unspecified atom stereocenters. The van der Waals surface area contributed by atoms with E-state index in [2.05, 4.69) is 57.0 Å². The summed E-state index contributed by atoms with van der Waals surface area (Å²) in [6.07, 6.45) is 8.10. The topological polar surface area (TPSA) is 45.5 Å². The van der Waals surface area contributed by atoms with Crippen LogP contribution in [0.4, 0.5) is 0 Å². The highest BCUT2D eigenvalue weighted by atomic mass is 16.3. The number of rotatable bonds is 7. The molecule has 1 aromatic carbocycles. The molecule has 1 N–H and O–H groups in total. The lowest BCUT2D eigenvalue weighted by molar-refractivity contribution is 0.0922. The predicted molar refractivity (Wildman–Crippen MR) is 135 cm³/mol. The van der Waals surface area contributed by atoms with Crippen molar-refractivity contribution in [2.45, 2.75) is 90.4 Å². The van der Waals surface area contributed by atoms with E-state index in [0.717, 1.165) is 25.1 Å². The van der Waals surface area contributed by atoms with Gasteiger partial charge in [0.1, 0.15) is 5.76 Å². The summed E-state index contributed by atoms with van der Waals surface area (Å²) in [5, 5.41) is 3.03. The first-order chi connectivity index (χ1) is 15.7. The summed E-state index contributed by atoms with van der Waals surface area (Å²) in [6.45, 7) is 15.8. The first kappa shape index (κ1) is 24.1. The summed E-state index contributed by atoms with van der Waals surface area (Å²) in [7, 11) is 0. The number of carbonyl (C=O) groups is 1. The third-order valence-electron chi connectivity index (χ3n) is 7.94. The van der Waals surface area contributed by atoms with E-state index in [0.29, 0.717) is 12.3 Å². The number of piperidine rings is 1. The van der Waals surface area contributed by atoms with Crippen LogP contribution in [0.2, 0.25) is 0 Å². The lowest BCUT2D eigenvalue weighted by Gasteiger charge is -2.42. The second-order valence-electron chi connectivity index (χ2n) is 11.5. The fourth-order valence-electron chi connectivity index (χ4n) is 5.51. The molecule has 33 heavy (non-hydrogen) atoms. The Morgan fingerprint density at radius 3 is 2.36 bits per heavy atom. The van der Waals surface area contributed by atoms with Gasteiger partial charge in [-0.05, 0) is 104 Å². The number of amides is 1. The van der Waals surface area contributed by atoms with Gasteiger partial charge in [0.2, 0.25) is 0 Å². The van der Waals surface area contributed by atoms with Gasteiger partial charge in [-0.2, -0.15) is 0 Å². The van der Waals surface area contributed by atoms with E-state index in [4.69, 9.17) is 4.42 Å². The van der Waals surface area contributed by atoms with Crippen LogP contribution in [0.1, 0.15) is 105 Å². The van der Waals surface area contributed by atoms with Gasteiger partial charge in [-0.25, -0.2) is 0 Å². The molecule has 2 heterocycles. The molecule has 1 aliphatic carbocycles. The van der Waals surface area contributed by atoms with Gasteiger partial charge in [0.15, 0.2) is 5.76 Å². The van der Waals surface area contributed by atoms with Crippen LogP contribution in [0.5, 0.6) is 0 Å². The molecular formula is C29H42N2O2. The van der Waals surface area contributed by atoms with E-state index in [1.807, 2.05) is 12.1 Å². The molecule has 180 valence electrons. The minimum atomic E-state index is -0.107. The fourth-order valence-corrected chi connectivity index (χ4v) is 5.51. The van der Waals surface area contributed by atoms with E-state index < -0.39 is 0 Å². The molecule has 1 aromatic heterocycles. The van der Waals surface area contributed by atoms with Gasteiger partial charge in [-0.3, -0.25) is 4.79 Å². The minimum absolute atomic E-state index is 0.107. The summed E-state index contributed by atoms with van der Waals surface area (Å²) in [5.41, 5.74) is 5.97. The molecule has 2 aromatic rings. The lowest BCUT2D eigenvalue weighted by Crippen LogP contribution is -2.34. The zero-order valence-corrected chi connectivity index (χ0v) is 21.4. The third-order valence-corrected chi connectivity index (χ3v) is 7.94. The molecule has 0 saturated carbocycles. The summed E-state index contributed by atoms with van der Waals surface area (Å²) >= 11 is 0. The molecule has 1 saturated heterocycles. The Kier molecular flexibility index (Phi) is 7.04. The number of benzene rings is 1. The second kappa shape index (κ2) is 9.66. The van der Waals surface area contributed by atoms with E-state index in [1.165, 1.54) is 67.4 Å². The Morgan fingerprint density at radius 2 is 1.67 bits per heavy atom. The Bertz CT molecular complexity index is 980. The molecule has 0 bridgehead atoms. The maximum atomic E-state index is 12.6. The molecule has 2 aliphatic rings. The fraction of sp³-hybridized carbons (Fsp3) is 0.621. The van der Waals surface area contributed by atoms with Crippen molar-refractivity contribution in [3.8, 4) is 0 Å². The molecule has 4 rings (SSSR count). The smallest absolute Gasteiger partial charge is 0.286 e. The van der Waals surface area contributed by atoms with Gasteiger partial charge in [-0.1, -0.05) is 46.2 Å². The number of carbonyl (C=O) groups excluding carboxylic acids is 1. The average molecular weight is 451 g/mol. The number of aryl methyl sites for hydroxylation is 1. The highest BCUT2D eigenvalue weighted by Gasteiger charge is 2.37. The van der Waals surface area contributed by atoms with Crippen LogP contribution in [0, 0.1) is 6.92 Å². The highest BCUT2D eigenvalue weighted by Crippen LogP contribution is 2.46. The Morgan fingerprint density at radius 1 is 1.00 bits per heavy atom. The van der Waals surface area contributed by atoms with Crippen LogP contribution < -0.4 is 5.32 Å². The quantitative estimate of drug-likeness (QED) is 0.516. The predicted octanol–water partition coefficient (Wildman–Crippen LogP) is 6.13. The average Bonchev–Trinajstić information content (AvgIpc) is 3.25. The van der Waals surface area contributed by atoms with Crippen molar-refractivity contribution in [3.63, 3.8) is 0 Å². The molecule has 1 aliphatic heterocycles. The first-order valence-electron chi connectivity index (χ1n) is 12.9. The van der Waals surface area contributed by atoms with E-state index >= 15 is 0 Å². The van der Waals surface area contributed by atoms with Gasteiger partial charge in [0, 0.05) is 13.0 Å². The van der Waals surface area contributed by atoms with E-state index in [9.17, 15) is 4.79 Å². The molecule has 1 amide bonds. The van der Waals surface area contributed by atoms with Crippen LogP contribution in [0.15, 0.2) is 28.7 Å². The van der Waals surface area contributed by atoms with Crippen LogP contribution >= 0.6 is 0 Å². The monoisotopic (exact) mass is 450 g/mol. The van der Waals surface area contributed by atoms with Gasteiger partial charge in [-0.15, -0.1) is 0 Å². The molecule has 4 nitrogen and oxygen atoms in total. The number of fused-ring (bicyclic) bond motifs is 1.